The van der Waals surface area contributed by atoms with Crippen molar-refractivity contribution in [2.75, 3.05) is 10.6 Å². The van der Waals surface area contributed by atoms with Gasteiger partial charge in [0.25, 0.3) is 5.91 Å². The summed E-state index contributed by atoms with van der Waals surface area (Å²) in [4.78, 5) is 32.9. The number of H-pyrrole nitrogens is 1. The number of imidazole rings is 1. The third-order valence-electron chi connectivity index (χ3n) is 5.10. The van der Waals surface area contributed by atoms with Crippen molar-refractivity contribution < 1.29 is 9.59 Å². The summed E-state index contributed by atoms with van der Waals surface area (Å²) >= 11 is 0. The van der Waals surface area contributed by atoms with Crippen LogP contribution in [0.3, 0.4) is 0 Å². The van der Waals surface area contributed by atoms with Gasteiger partial charge in [0.2, 0.25) is 5.91 Å². The molecule has 0 spiro atoms. The van der Waals surface area contributed by atoms with Crippen molar-refractivity contribution in [3.63, 3.8) is 0 Å². The molecule has 0 saturated heterocycles. The van der Waals surface area contributed by atoms with Crippen LogP contribution >= 0.6 is 0 Å². The Kier molecular flexibility index (Phi) is 6.57. The molecule has 7 nitrogen and oxygen atoms in total. The summed E-state index contributed by atoms with van der Waals surface area (Å²) < 4.78 is 0. The molecule has 162 valence electrons. The maximum Gasteiger partial charge on any atom is 0.255 e. The van der Waals surface area contributed by atoms with Gasteiger partial charge in [0.15, 0.2) is 0 Å². The van der Waals surface area contributed by atoms with Gasteiger partial charge in [0.1, 0.15) is 5.82 Å². The molecule has 0 fully saturated rings. The second kappa shape index (κ2) is 10.1. The molecule has 0 radical (unpaired) electrons. The number of hydrogen-bond acceptors (Lipinski definition) is 4. The molecular formula is C26H21N5O2. The van der Waals surface area contributed by atoms with Gasteiger partial charge < -0.3 is 15.6 Å². The van der Waals surface area contributed by atoms with Crippen LogP contribution in [0.15, 0.2) is 91.3 Å². The Morgan fingerprint density at radius 1 is 0.939 bits per heavy atom. The fraction of sp³-hybridized carbons (Fsp3) is 0.0769. The zero-order valence-corrected chi connectivity index (χ0v) is 17.7. The number of nitrogens with zero attached hydrogens (tertiary/aromatic N) is 2. The van der Waals surface area contributed by atoms with Crippen molar-refractivity contribution in [1.29, 1.82) is 5.26 Å². The van der Waals surface area contributed by atoms with E-state index in [1.165, 1.54) is 0 Å². The Morgan fingerprint density at radius 3 is 2.42 bits per heavy atom. The van der Waals surface area contributed by atoms with Crippen LogP contribution in [0.2, 0.25) is 0 Å². The number of anilines is 2. The molecule has 33 heavy (non-hydrogen) atoms. The van der Waals surface area contributed by atoms with Gasteiger partial charge in [-0.05, 0) is 42.0 Å². The van der Waals surface area contributed by atoms with Crippen LogP contribution in [-0.4, -0.2) is 21.8 Å². The van der Waals surface area contributed by atoms with Crippen molar-refractivity contribution in [1.82, 2.24) is 9.97 Å². The molecule has 0 aliphatic rings. The van der Waals surface area contributed by atoms with E-state index >= 15 is 0 Å². The number of nitrogens with one attached hydrogen (secondary N) is 3. The minimum atomic E-state index is -0.334. The Labute approximate surface area is 191 Å². The first-order valence-corrected chi connectivity index (χ1v) is 10.4. The molecule has 3 aromatic carbocycles. The summed E-state index contributed by atoms with van der Waals surface area (Å²) in [6.07, 6.45) is 3.59. The predicted octanol–water partition coefficient (Wildman–Crippen LogP) is 4.69. The first kappa shape index (κ1) is 21.5. The van der Waals surface area contributed by atoms with Crippen molar-refractivity contribution in [3.05, 3.63) is 114 Å². The summed E-state index contributed by atoms with van der Waals surface area (Å²) in [7, 11) is 0. The molecular weight excluding hydrogens is 414 g/mol. The molecule has 2 amide bonds. The van der Waals surface area contributed by atoms with Gasteiger partial charge in [-0.3, -0.25) is 9.59 Å². The van der Waals surface area contributed by atoms with E-state index in [1.54, 1.807) is 60.9 Å². The van der Waals surface area contributed by atoms with E-state index in [2.05, 4.69) is 20.6 Å². The van der Waals surface area contributed by atoms with Crippen LogP contribution in [0.5, 0.6) is 0 Å². The number of nitriles is 1. The molecule has 1 aromatic heterocycles. The molecule has 4 rings (SSSR count). The zero-order chi connectivity index (χ0) is 23.0. The molecule has 3 N–H and O–H groups in total. The highest BCUT2D eigenvalue weighted by Gasteiger charge is 2.20. The Hall–Kier alpha value is -4.70. The van der Waals surface area contributed by atoms with Crippen LogP contribution in [0.25, 0.3) is 0 Å². The van der Waals surface area contributed by atoms with Crippen molar-refractivity contribution in [2.45, 2.75) is 12.3 Å². The largest absolute Gasteiger partial charge is 0.348 e. The molecule has 0 aliphatic carbocycles. The number of carbonyl (C=O) groups is 2. The van der Waals surface area contributed by atoms with E-state index in [1.807, 2.05) is 36.4 Å². The lowest BCUT2D eigenvalue weighted by atomic mass is 9.94. The molecule has 0 bridgehead atoms. The maximum atomic E-state index is 12.9. The highest BCUT2D eigenvalue weighted by Crippen LogP contribution is 2.26. The van der Waals surface area contributed by atoms with Crippen LogP contribution in [0, 0.1) is 11.3 Å². The van der Waals surface area contributed by atoms with Gasteiger partial charge in [0, 0.05) is 35.8 Å². The number of carbonyl (C=O) groups excluding carboxylic acids is 2. The van der Waals surface area contributed by atoms with Crippen LogP contribution in [0.1, 0.15) is 39.6 Å². The highest BCUT2D eigenvalue weighted by atomic mass is 16.2. The van der Waals surface area contributed by atoms with E-state index in [4.69, 9.17) is 5.26 Å². The number of amides is 2. The zero-order valence-electron chi connectivity index (χ0n) is 17.7. The van der Waals surface area contributed by atoms with Crippen LogP contribution in [-0.2, 0) is 4.79 Å². The minimum absolute atomic E-state index is 0.189. The SMILES string of the molecule is N#Cc1cccc(NC(=O)c2cccc(NC(=O)CC(c3ccccc3)c3ncc[nH]3)c2)c1. The Balaban J connectivity index is 1.45. The fourth-order valence-corrected chi connectivity index (χ4v) is 3.53. The van der Waals surface area contributed by atoms with E-state index in [-0.39, 0.29) is 24.2 Å². The minimum Gasteiger partial charge on any atom is -0.348 e. The molecule has 7 heteroatoms. The standard InChI is InChI=1S/C26H21N5O2/c27-17-18-6-4-10-21(14-18)31-26(33)20-9-5-11-22(15-20)30-24(32)16-23(25-28-12-13-29-25)19-7-2-1-3-8-19/h1-15,23H,16H2,(H,28,29)(H,30,32)(H,31,33). The third-order valence-corrected chi connectivity index (χ3v) is 5.10. The van der Waals surface area contributed by atoms with E-state index < -0.39 is 0 Å². The quantitative estimate of drug-likeness (QED) is 0.391. The molecule has 0 saturated carbocycles. The fourth-order valence-electron chi connectivity index (χ4n) is 3.53. The van der Waals surface area contributed by atoms with Gasteiger partial charge in [0.05, 0.1) is 17.6 Å². The third kappa shape index (κ3) is 5.51. The second-order valence-electron chi connectivity index (χ2n) is 7.42. The van der Waals surface area contributed by atoms with Gasteiger partial charge in [-0.15, -0.1) is 0 Å². The molecule has 1 heterocycles. The molecule has 0 aliphatic heterocycles. The van der Waals surface area contributed by atoms with Crippen molar-refractivity contribution in [2.24, 2.45) is 0 Å². The monoisotopic (exact) mass is 435 g/mol. The molecule has 4 aromatic rings. The lowest BCUT2D eigenvalue weighted by Gasteiger charge is -2.15. The van der Waals surface area contributed by atoms with E-state index in [0.717, 1.165) is 5.56 Å². The van der Waals surface area contributed by atoms with Gasteiger partial charge in [-0.25, -0.2) is 4.98 Å². The van der Waals surface area contributed by atoms with Crippen LogP contribution in [0.4, 0.5) is 11.4 Å². The smallest absolute Gasteiger partial charge is 0.255 e. The average Bonchev–Trinajstić information content (AvgIpc) is 3.38. The van der Waals surface area contributed by atoms with Crippen LogP contribution < -0.4 is 10.6 Å². The Morgan fingerprint density at radius 2 is 1.70 bits per heavy atom. The first-order chi connectivity index (χ1) is 16.1. The van der Waals surface area contributed by atoms with Gasteiger partial charge in [-0.1, -0.05) is 42.5 Å². The first-order valence-electron chi connectivity index (χ1n) is 10.4. The van der Waals surface area contributed by atoms with Gasteiger partial charge in [-0.2, -0.15) is 5.26 Å². The number of aromatic nitrogens is 2. The molecule has 1 atom stereocenters. The summed E-state index contributed by atoms with van der Waals surface area (Å²) in [6, 6.07) is 25.1. The van der Waals surface area contributed by atoms with E-state index in [9.17, 15) is 9.59 Å². The van der Waals surface area contributed by atoms with Gasteiger partial charge >= 0.3 is 0 Å². The van der Waals surface area contributed by atoms with Crippen molar-refractivity contribution >= 4 is 23.2 Å². The summed E-state index contributed by atoms with van der Waals surface area (Å²) in [5.41, 5.74) is 2.87. The predicted molar refractivity (Wildman–Crippen MR) is 126 cm³/mol. The number of hydrogen-bond donors (Lipinski definition) is 3. The highest BCUT2D eigenvalue weighted by molar-refractivity contribution is 6.05. The van der Waals surface area contributed by atoms with E-state index in [0.29, 0.717) is 28.3 Å². The van der Waals surface area contributed by atoms with Crippen molar-refractivity contribution in [3.8, 4) is 6.07 Å². The average molecular weight is 435 g/mol. The topological polar surface area (TPSA) is 111 Å². The summed E-state index contributed by atoms with van der Waals surface area (Å²) in [5, 5.41) is 14.7. The number of aromatic amines is 1. The summed E-state index contributed by atoms with van der Waals surface area (Å²) in [5.74, 6) is -0.0392. The number of benzene rings is 3. The Bertz CT molecular complexity index is 1290. The normalized spacial score (nSPS) is 11.2. The lowest BCUT2D eigenvalue weighted by molar-refractivity contribution is -0.116. The molecule has 1 unspecified atom stereocenters. The second-order valence-corrected chi connectivity index (χ2v) is 7.42. The lowest BCUT2D eigenvalue weighted by Crippen LogP contribution is -2.18. The maximum absolute atomic E-state index is 12.9. The summed E-state index contributed by atoms with van der Waals surface area (Å²) in [6.45, 7) is 0. The number of rotatable bonds is 7.